The van der Waals surface area contributed by atoms with Crippen LogP contribution in [0.1, 0.15) is 13.8 Å². The molecule has 0 aliphatic carbocycles. The fourth-order valence-electron chi connectivity index (χ4n) is 1.78. The fraction of sp³-hybridized carbons (Fsp3) is 0.875. The molecule has 0 N–H and O–H groups in total. The zero-order valence-electron chi connectivity index (χ0n) is 7.65. The Kier molecular flexibility index (Phi) is 2.38. The highest BCUT2D eigenvalue weighted by Crippen LogP contribution is 2.22. The molecule has 0 aromatic carbocycles. The minimum atomic E-state index is -0.582. The minimum absolute atomic E-state index is 0.0490. The van der Waals surface area contributed by atoms with E-state index in [1.165, 1.54) is 7.05 Å². The van der Waals surface area contributed by atoms with E-state index < -0.39 is 10.7 Å². The molecule has 4 nitrogen and oxygen atoms in total. The number of hydroxylamine groups is 3. The normalized spacial score (nSPS) is 48.4. The molecular weight excluding hydrogens is 156 g/mol. The van der Waals surface area contributed by atoms with Gasteiger partial charge in [-0.25, -0.2) is 0 Å². The second kappa shape index (κ2) is 3.02. The van der Waals surface area contributed by atoms with E-state index in [4.69, 9.17) is 10.00 Å². The van der Waals surface area contributed by atoms with E-state index in [0.717, 1.165) is 0 Å². The zero-order valence-corrected chi connectivity index (χ0v) is 7.65. The molecule has 4 heteroatoms. The topological polar surface area (TPSA) is 56.1 Å². The van der Waals surface area contributed by atoms with Gasteiger partial charge in [0, 0.05) is 0 Å². The third-order valence-electron chi connectivity index (χ3n) is 2.23. The second-order valence-electron chi connectivity index (χ2n) is 3.58. The molecule has 12 heavy (non-hydrogen) atoms. The quantitative estimate of drug-likeness (QED) is 0.396. The summed E-state index contributed by atoms with van der Waals surface area (Å²) in [6.45, 7) is 4.00. The molecule has 0 aromatic rings. The Balaban J connectivity index is 2.79. The van der Waals surface area contributed by atoms with Gasteiger partial charge in [0.05, 0.1) is 7.05 Å². The van der Waals surface area contributed by atoms with Crippen molar-refractivity contribution in [2.75, 3.05) is 13.6 Å². The summed E-state index contributed by atoms with van der Waals surface area (Å²) in [4.78, 5) is 0. The lowest BCUT2D eigenvalue weighted by Crippen LogP contribution is -2.60. The maximum absolute atomic E-state index is 11.7. The van der Waals surface area contributed by atoms with E-state index in [0.29, 0.717) is 6.54 Å². The van der Waals surface area contributed by atoms with Crippen LogP contribution in [0.3, 0.4) is 0 Å². The largest absolute Gasteiger partial charge is 0.632 e. The van der Waals surface area contributed by atoms with E-state index in [-0.39, 0.29) is 12.2 Å². The number of rotatable bonds is 0. The van der Waals surface area contributed by atoms with Crippen molar-refractivity contribution in [1.29, 1.82) is 5.26 Å². The lowest BCUT2D eigenvalue weighted by molar-refractivity contribution is -0.894. The standard InChI is InChI=1S/C8H14N2O2/c1-6-5-10(3,11)8(4-9)7(2)12-6/h6-8H,5H2,1-3H3. The van der Waals surface area contributed by atoms with Gasteiger partial charge in [-0.2, -0.15) is 5.26 Å². The highest BCUT2D eigenvalue weighted by Gasteiger charge is 2.38. The van der Waals surface area contributed by atoms with Crippen molar-refractivity contribution >= 4 is 0 Å². The summed E-state index contributed by atoms with van der Waals surface area (Å²) >= 11 is 0. The van der Waals surface area contributed by atoms with Crippen molar-refractivity contribution in [2.24, 2.45) is 0 Å². The minimum Gasteiger partial charge on any atom is -0.632 e. The van der Waals surface area contributed by atoms with Gasteiger partial charge in [0.15, 0.2) is 0 Å². The van der Waals surface area contributed by atoms with Gasteiger partial charge < -0.3 is 14.6 Å². The van der Waals surface area contributed by atoms with Crippen LogP contribution in [0.4, 0.5) is 0 Å². The summed E-state index contributed by atoms with van der Waals surface area (Å²) < 4.78 is 4.89. The van der Waals surface area contributed by atoms with Gasteiger partial charge in [-0.05, 0) is 13.8 Å². The number of nitriles is 1. The molecule has 1 saturated heterocycles. The van der Waals surface area contributed by atoms with Crippen LogP contribution in [0, 0.1) is 16.5 Å². The highest BCUT2D eigenvalue weighted by molar-refractivity contribution is 4.92. The van der Waals surface area contributed by atoms with Gasteiger partial charge in [-0.1, -0.05) is 0 Å². The van der Waals surface area contributed by atoms with Crippen LogP contribution in [-0.2, 0) is 4.74 Å². The van der Waals surface area contributed by atoms with Crippen LogP contribution in [0.2, 0.25) is 0 Å². The Morgan fingerprint density at radius 1 is 1.58 bits per heavy atom. The lowest BCUT2D eigenvalue weighted by atomic mass is 10.1. The van der Waals surface area contributed by atoms with Crippen LogP contribution in [0.5, 0.6) is 0 Å². The third kappa shape index (κ3) is 1.58. The summed E-state index contributed by atoms with van der Waals surface area (Å²) in [5.41, 5.74) is 0. The highest BCUT2D eigenvalue weighted by atomic mass is 16.6. The number of nitrogens with zero attached hydrogens (tertiary/aromatic N) is 2. The number of likely N-dealkylation sites (N-methyl/N-ethyl adjacent to an activating group) is 1. The molecule has 1 heterocycles. The smallest absolute Gasteiger partial charge is 0.202 e. The number of quaternary nitrogens is 1. The van der Waals surface area contributed by atoms with Crippen molar-refractivity contribution in [2.45, 2.75) is 32.1 Å². The lowest BCUT2D eigenvalue weighted by Gasteiger charge is -2.49. The van der Waals surface area contributed by atoms with Gasteiger partial charge in [0.2, 0.25) is 6.04 Å². The molecule has 68 valence electrons. The Bertz CT molecular complexity index is 210. The van der Waals surface area contributed by atoms with E-state index >= 15 is 0 Å². The zero-order chi connectivity index (χ0) is 9.35. The van der Waals surface area contributed by atoms with Crippen molar-refractivity contribution in [1.82, 2.24) is 0 Å². The van der Waals surface area contributed by atoms with E-state index in [1.807, 2.05) is 13.0 Å². The molecular formula is C8H14N2O2. The van der Waals surface area contributed by atoms with Crippen molar-refractivity contribution < 1.29 is 9.38 Å². The molecule has 0 saturated carbocycles. The summed E-state index contributed by atoms with van der Waals surface area (Å²) in [7, 11) is 1.53. The molecule has 1 aliphatic rings. The average molecular weight is 170 g/mol. The molecule has 0 aromatic heterocycles. The van der Waals surface area contributed by atoms with Crippen LogP contribution >= 0.6 is 0 Å². The Morgan fingerprint density at radius 2 is 2.17 bits per heavy atom. The summed E-state index contributed by atoms with van der Waals surface area (Å²) in [6, 6.07) is 1.42. The number of hydrogen-bond acceptors (Lipinski definition) is 3. The molecule has 0 amide bonds. The monoisotopic (exact) mass is 170 g/mol. The first-order valence-corrected chi connectivity index (χ1v) is 4.08. The van der Waals surface area contributed by atoms with Gasteiger partial charge in [-0.15, -0.1) is 0 Å². The second-order valence-corrected chi connectivity index (χ2v) is 3.58. The first kappa shape index (κ1) is 9.46. The summed E-state index contributed by atoms with van der Waals surface area (Å²) in [5.74, 6) is 0. The van der Waals surface area contributed by atoms with E-state index in [1.54, 1.807) is 6.92 Å². The molecule has 0 bridgehead atoms. The van der Waals surface area contributed by atoms with Crippen LogP contribution in [0.15, 0.2) is 0 Å². The Hall–Kier alpha value is -0.630. The van der Waals surface area contributed by atoms with Gasteiger partial charge >= 0.3 is 0 Å². The Morgan fingerprint density at radius 3 is 2.58 bits per heavy atom. The fourth-order valence-corrected chi connectivity index (χ4v) is 1.78. The molecule has 1 fully saturated rings. The predicted molar refractivity (Wildman–Crippen MR) is 43.8 cm³/mol. The molecule has 0 spiro atoms. The maximum Gasteiger partial charge on any atom is 0.202 e. The molecule has 1 aliphatic heterocycles. The first-order valence-electron chi connectivity index (χ1n) is 4.08. The summed E-state index contributed by atoms with van der Waals surface area (Å²) in [5, 5.41) is 20.5. The number of morpholine rings is 1. The van der Waals surface area contributed by atoms with Gasteiger partial charge in [0.1, 0.15) is 24.8 Å². The van der Waals surface area contributed by atoms with E-state index in [9.17, 15) is 5.21 Å². The predicted octanol–water partition coefficient (Wildman–Crippen LogP) is 0.630. The Labute approximate surface area is 72.5 Å². The van der Waals surface area contributed by atoms with Crippen LogP contribution < -0.4 is 0 Å². The SMILES string of the molecule is CC1C[N+](C)([O-])C(C#N)C(C)O1. The van der Waals surface area contributed by atoms with E-state index in [2.05, 4.69) is 0 Å². The third-order valence-corrected chi connectivity index (χ3v) is 2.23. The van der Waals surface area contributed by atoms with Gasteiger partial charge in [0.25, 0.3) is 0 Å². The van der Waals surface area contributed by atoms with Crippen LogP contribution in [0.25, 0.3) is 0 Å². The summed E-state index contributed by atoms with van der Waals surface area (Å²) in [6.07, 6.45) is -0.312. The molecule has 1 rings (SSSR count). The molecule has 0 radical (unpaired) electrons. The van der Waals surface area contributed by atoms with Crippen LogP contribution in [-0.4, -0.2) is 36.5 Å². The van der Waals surface area contributed by atoms with Gasteiger partial charge in [-0.3, -0.25) is 0 Å². The van der Waals surface area contributed by atoms with Crippen molar-refractivity contribution in [3.8, 4) is 6.07 Å². The van der Waals surface area contributed by atoms with Crippen molar-refractivity contribution in [3.63, 3.8) is 0 Å². The average Bonchev–Trinajstić information content (AvgIpc) is 1.82. The number of hydrogen-bond donors (Lipinski definition) is 0. The first-order chi connectivity index (χ1) is 5.47. The molecule has 4 atom stereocenters. The van der Waals surface area contributed by atoms with Crippen molar-refractivity contribution in [3.05, 3.63) is 5.21 Å². The maximum atomic E-state index is 11.7. The number of ether oxygens (including phenoxy) is 1. The molecule has 4 unspecified atom stereocenters.